The summed E-state index contributed by atoms with van der Waals surface area (Å²) in [5, 5.41) is 0. The van der Waals surface area contributed by atoms with Crippen molar-refractivity contribution in [3.05, 3.63) is 29.8 Å². The summed E-state index contributed by atoms with van der Waals surface area (Å²) in [6, 6.07) is 8.51. The van der Waals surface area contributed by atoms with Crippen LogP contribution in [0.25, 0.3) is 0 Å². The molecule has 2 aliphatic heterocycles. The minimum atomic E-state index is 0.298. The van der Waals surface area contributed by atoms with Crippen LogP contribution in [0, 0.1) is 11.8 Å². The molecule has 2 fully saturated rings. The highest BCUT2D eigenvalue weighted by Crippen LogP contribution is 2.27. The van der Waals surface area contributed by atoms with Gasteiger partial charge in [0.25, 0.3) is 0 Å². The predicted octanol–water partition coefficient (Wildman–Crippen LogP) is 4.11. The lowest BCUT2D eigenvalue weighted by molar-refractivity contribution is -0.119. The molecule has 0 aliphatic carbocycles. The average molecular weight is 329 g/mol. The van der Waals surface area contributed by atoms with Crippen LogP contribution in [-0.2, 0) is 11.2 Å². The summed E-state index contributed by atoms with van der Waals surface area (Å²) < 4.78 is 0. The van der Waals surface area contributed by atoms with Gasteiger partial charge in [0.2, 0.25) is 5.91 Å². The topological polar surface area (TPSA) is 23.6 Å². The van der Waals surface area contributed by atoms with Gasteiger partial charge >= 0.3 is 0 Å². The molecule has 1 aromatic carbocycles. The number of likely N-dealkylation sites (tertiary alicyclic amines) is 1. The van der Waals surface area contributed by atoms with Crippen LogP contribution in [0.1, 0.15) is 51.5 Å². The highest BCUT2D eigenvalue weighted by molar-refractivity contribution is 5.94. The van der Waals surface area contributed by atoms with Crippen molar-refractivity contribution in [2.24, 2.45) is 11.8 Å². The van der Waals surface area contributed by atoms with Crippen molar-refractivity contribution >= 4 is 11.6 Å². The SMILES string of the molecule is CC(C)CC1CCN(CCc2ccccc2N2CCCCC2=O)C1. The Kier molecular flexibility index (Phi) is 5.94. The van der Waals surface area contributed by atoms with E-state index in [-0.39, 0.29) is 0 Å². The van der Waals surface area contributed by atoms with Crippen molar-refractivity contribution in [2.75, 3.05) is 31.1 Å². The number of carbonyl (C=O) groups is 1. The van der Waals surface area contributed by atoms with Gasteiger partial charge in [0, 0.05) is 31.7 Å². The third-order valence-corrected chi connectivity index (χ3v) is 5.48. The zero-order valence-electron chi connectivity index (χ0n) is 15.3. The molecule has 0 N–H and O–H groups in total. The van der Waals surface area contributed by atoms with E-state index in [1.54, 1.807) is 0 Å². The highest BCUT2D eigenvalue weighted by atomic mass is 16.2. The van der Waals surface area contributed by atoms with E-state index >= 15 is 0 Å². The molecule has 24 heavy (non-hydrogen) atoms. The molecule has 3 rings (SSSR count). The zero-order chi connectivity index (χ0) is 16.9. The van der Waals surface area contributed by atoms with E-state index in [0.29, 0.717) is 12.3 Å². The molecular formula is C21H32N2O. The number of rotatable bonds is 6. The Hall–Kier alpha value is -1.35. The third-order valence-electron chi connectivity index (χ3n) is 5.48. The van der Waals surface area contributed by atoms with E-state index in [1.807, 2.05) is 4.90 Å². The highest BCUT2D eigenvalue weighted by Gasteiger charge is 2.24. The smallest absolute Gasteiger partial charge is 0.226 e. The molecule has 0 bridgehead atoms. The van der Waals surface area contributed by atoms with Gasteiger partial charge in [-0.15, -0.1) is 0 Å². The van der Waals surface area contributed by atoms with Crippen LogP contribution in [0.5, 0.6) is 0 Å². The van der Waals surface area contributed by atoms with E-state index in [2.05, 4.69) is 43.0 Å². The van der Waals surface area contributed by atoms with Gasteiger partial charge in [-0.05, 0) is 62.1 Å². The standard InChI is InChI=1S/C21H32N2O/c1-17(2)15-18-10-13-22(16-18)14-11-19-7-3-4-8-20(19)23-12-6-5-9-21(23)24/h3-4,7-8,17-18H,5-6,9-16H2,1-2H3. The van der Waals surface area contributed by atoms with Crippen LogP contribution >= 0.6 is 0 Å². The van der Waals surface area contributed by atoms with E-state index in [4.69, 9.17) is 0 Å². The van der Waals surface area contributed by atoms with Crippen molar-refractivity contribution in [1.82, 2.24) is 4.90 Å². The van der Waals surface area contributed by atoms with Crippen molar-refractivity contribution in [3.8, 4) is 0 Å². The summed E-state index contributed by atoms with van der Waals surface area (Å²) in [7, 11) is 0. The summed E-state index contributed by atoms with van der Waals surface area (Å²) in [5.74, 6) is 1.98. The minimum absolute atomic E-state index is 0.298. The van der Waals surface area contributed by atoms with Crippen LogP contribution < -0.4 is 4.90 Å². The minimum Gasteiger partial charge on any atom is -0.312 e. The van der Waals surface area contributed by atoms with Gasteiger partial charge in [0.15, 0.2) is 0 Å². The Morgan fingerprint density at radius 3 is 2.79 bits per heavy atom. The molecule has 132 valence electrons. The second-order valence-electron chi connectivity index (χ2n) is 7.97. The molecule has 0 radical (unpaired) electrons. The van der Waals surface area contributed by atoms with Crippen LogP contribution in [0.15, 0.2) is 24.3 Å². The van der Waals surface area contributed by atoms with E-state index in [0.717, 1.165) is 49.9 Å². The summed E-state index contributed by atoms with van der Waals surface area (Å²) in [6.45, 7) is 9.15. The van der Waals surface area contributed by atoms with Crippen molar-refractivity contribution < 1.29 is 4.79 Å². The van der Waals surface area contributed by atoms with Gasteiger partial charge in [-0.2, -0.15) is 0 Å². The molecule has 1 aromatic rings. The molecule has 1 unspecified atom stereocenters. The second kappa shape index (κ2) is 8.15. The van der Waals surface area contributed by atoms with Gasteiger partial charge in [-0.1, -0.05) is 32.0 Å². The maximum atomic E-state index is 12.3. The molecule has 3 nitrogen and oxygen atoms in total. The van der Waals surface area contributed by atoms with Gasteiger partial charge < -0.3 is 9.80 Å². The Labute approximate surface area is 147 Å². The Morgan fingerprint density at radius 1 is 1.17 bits per heavy atom. The van der Waals surface area contributed by atoms with Crippen LogP contribution in [0.2, 0.25) is 0 Å². The Bertz CT molecular complexity index is 555. The maximum Gasteiger partial charge on any atom is 0.226 e. The fourth-order valence-corrected chi connectivity index (χ4v) is 4.30. The van der Waals surface area contributed by atoms with Gasteiger partial charge in [-0.25, -0.2) is 0 Å². The van der Waals surface area contributed by atoms with Crippen molar-refractivity contribution in [3.63, 3.8) is 0 Å². The second-order valence-corrected chi connectivity index (χ2v) is 7.97. The molecule has 0 aromatic heterocycles. The van der Waals surface area contributed by atoms with E-state index in [9.17, 15) is 4.79 Å². The molecular weight excluding hydrogens is 296 g/mol. The fraction of sp³-hybridized carbons (Fsp3) is 0.667. The Morgan fingerprint density at radius 2 is 2.00 bits per heavy atom. The van der Waals surface area contributed by atoms with Crippen molar-refractivity contribution in [2.45, 2.75) is 52.4 Å². The number of anilines is 1. The monoisotopic (exact) mass is 328 g/mol. The quantitative estimate of drug-likeness (QED) is 0.784. The first-order chi connectivity index (χ1) is 11.6. The molecule has 3 heteroatoms. The number of hydrogen-bond donors (Lipinski definition) is 0. The van der Waals surface area contributed by atoms with Crippen LogP contribution in [0.4, 0.5) is 5.69 Å². The lowest BCUT2D eigenvalue weighted by Gasteiger charge is -2.29. The summed E-state index contributed by atoms with van der Waals surface area (Å²) in [6.07, 6.45) is 6.64. The average Bonchev–Trinajstić information content (AvgIpc) is 3.00. The first kappa shape index (κ1) is 17.5. The van der Waals surface area contributed by atoms with E-state index in [1.165, 1.54) is 31.5 Å². The number of carbonyl (C=O) groups excluding carboxylic acids is 1. The lowest BCUT2D eigenvalue weighted by atomic mass is 9.97. The summed E-state index contributed by atoms with van der Waals surface area (Å²) >= 11 is 0. The van der Waals surface area contributed by atoms with Gasteiger partial charge in [0.05, 0.1) is 0 Å². The molecule has 2 saturated heterocycles. The molecule has 0 spiro atoms. The number of benzene rings is 1. The first-order valence-electron chi connectivity index (χ1n) is 9.74. The van der Waals surface area contributed by atoms with E-state index < -0.39 is 0 Å². The first-order valence-corrected chi connectivity index (χ1v) is 9.74. The largest absolute Gasteiger partial charge is 0.312 e. The Balaban J connectivity index is 1.59. The molecule has 2 heterocycles. The van der Waals surface area contributed by atoms with Gasteiger partial charge in [0.1, 0.15) is 0 Å². The normalized spacial score (nSPS) is 22.5. The molecule has 1 atom stereocenters. The third kappa shape index (κ3) is 4.38. The molecule has 0 saturated carbocycles. The number of para-hydroxylation sites is 1. The number of hydrogen-bond acceptors (Lipinski definition) is 2. The fourth-order valence-electron chi connectivity index (χ4n) is 4.30. The zero-order valence-corrected chi connectivity index (χ0v) is 15.3. The number of nitrogens with zero attached hydrogens (tertiary/aromatic N) is 2. The number of amides is 1. The molecule has 1 amide bonds. The summed E-state index contributed by atoms with van der Waals surface area (Å²) in [4.78, 5) is 16.9. The van der Waals surface area contributed by atoms with Gasteiger partial charge in [-0.3, -0.25) is 4.79 Å². The molecule has 2 aliphatic rings. The predicted molar refractivity (Wildman–Crippen MR) is 100 cm³/mol. The summed E-state index contributed by atoms with van der Waals surface area (Å²) in [5.41, 5.74) is 2.49. The maximum absolute atomic E-state index is 12.3. The lowest BCUT2D eigenvalue weighted by Crippen LogP contribution is -2.36. The van der Waals surface area contributed by atoms with Crippen molar-refractivity contribution in [1.29, 1.82) is 0 Å². The van der Waals surface area contributed by atoms with Crippen LogP contribution in [-0.4, -0.2) is 37.0 Å². The van der Waals surface area contributed by atoms with Crippen LogP contribution in [0.3, 0.4) is 0 Å². The number of piperidine rings is 1.